The van der Waals surface area contributed by atoms with Crippen LogP contribution in [0.2, 0.25) is 0 Å². The summed E-state index contributed by atoms with van der Waals surface area (Å²) in [6.07, 6.45) is 3.50. The molecule has 4 rings (SSSR count). The van der Waals surface area contributed by atoms with Crippen molar-refractivity contribution in [1.82, 2.24) is 0 Å². The molecule has 4 heteroatoms. The fourth-order valence-electron chi connectivity index (χ4n) is 3.10. The first-order valence-corrected chi connectivity index (χ1v) is 9.23. The summed E-state index contributed by atoms with van der Waals surface area (Å²) in [5.41, 5.74) is 3.41. The van der Waals surface area contributed by atoms with E-state index in [-0.39, 0.29) is 11.5 Å². The minimum atomic E-state index is -0.155. The molecule has 0 radical (unpaired) electrons. The van der Waals surface area contributed by atoms with Crippen LogP contribution in [0.3, 0.4) is 0 Å². The summed E-state index contributed by atoms with van der Waals surface area (Å²) < 4.78 is 17.0. The zero-order valence-electron chi connectivity index (χ0n) is 16.1. The van der Waals surface area contributed by atoms with Crippen LogP contribution in [-0.2, 0) is 6.61 Å². The maximum Gasteiger partial charge on any atom is 0.231 e. The van der Waals surface area contributed by atoms with Gasteiger partial charge >= 0.3 is 0 Å². The Bertz CT molecular complexity index is 1090. The predicted octanol–water partition coefficient (Wildman–Crippen LogP) is 5.53. The molecule has 4 nitrogen and oxygen atoms in total. The van der Waals surface area contributed by atoms with Crippen LogP contribution in [0.4, 0.5) is 0 Å². The van der Waals surface area contributed by atoms with Crippen LogP contribution in [0, 0.1) is 0 Å². The second-order valence-corrected chi connectivity index (χ2v) is 6.57. The molecule has 29 heavy (non-hydrogen) atoms. The summed E-state index contributed by atoms with van der Waals surface area (Å²) >= 11 is 0. The molecule has 1 aliphatic heterocycles. The van der Waals surface area contributed by atoms with Crippen LogP contribution in [0.5, 0.6) is 17.2 Å². The largest absolute Gasteiger partial charge is 0.496 e. The maximum absolute atomic E-state index is 12.7. The second-order valence-electron chi connectivity index (χ2n) is 6.57. The van der Waals surface area contributed by atoms with Crippen LogP contribution in [0.1, 0.15) is 27.0 Å². The number of benzene rings is 3. The Hall–Kier alpha value is -3.79. The van der Waals surface area contributed by atoms with Crippen molar-refractivity contribution in [3.63, 3.8) is 0 Å². The molecule has 0 saturated carbocycles. The van der Waals surface area contributed by atoms with Gasteiger partial charge in [0, 0.05) is 11.6 Å². The number of ketones is 1. The number of ether oxygens (including phenoxy) is 3. The highest BCUT2D eigenvalue weighted by Gasteiger charge is 2.28. The highest BCUT2D eigenvalue weighted by atomic mass is 16.5. The number of carbonyl (C=O) groups is 1. The van der Waals surface area contributed by atoms with Crippen molar-refractivity contribution in [2.24, 2.45) is 0 Å². The standard InChI is InChI=1S/C25H20O4/c1-3-17-8-10-18(11-9-17)16-28-20-12-13-21-23(15-20)29-24(25(21)26)14-19-6-4-5-7-22(19)27-2/h3-15H,1,16H2,2H3/b24-14+. The van der Waals surface area contributed by atoms with Crippen LogP contribution < -0.4 is 14.2 Å². The molecule has 0 atom stereocenters. The Kier molecular flexibility index (Phi) is 5.16. The van der Waals surface area contributed by atoms with Gasteiger partial charge in [-0.2, -0.15) is 0 Å². The maximum atomic E-state index is 12.7. The molecule has 0 saturated heterocycles. The number of hydrogen-bond donors (Lipinski definition) is 0. The van der Waals surface area contributed by atoms with E-state index in [1.165, 1.54) is 0 Å². The number of methoxy groups -OCH3 is 1. The number of fused-ring (bicyclic) bond motifs is 1. The van der Waals surface area contributed by atoms with Gasteiger partial charge in [-0.25, -0.2) is 0 Å². The fraction of sp³-hybridized carbons (Fsp3) is 0.0800. The molecule has 1 heterocycles. The van der Waals surface area contributed by atoms with Crippen LogP contribution >= 0.6 is 0 Å². The van der Waals surface area contributed by atoms with Crippen molar-refractivity contribution < 1.29 is 19.0 Å². The van der Waals surface area contributed by atoms with E-state index in [9.17, 15) is 4.79 Å². The van der Waals surface area contributed by atoms with E-state index in [2.05, 4.69) is 6.58 Å². The van der Waals surface area contributed by atoms with Crippen LogP contribution in [0.15, 0.2) is 79.1 Å². The van der Waals surface area contributed by atoms with E-state index in [0.29, 0.717) is 29.4 Å². The summed E-state index contributed by atoms with van der Waals surface area (Å²) in [6.45, 7) is 4.18. The van der Waals surface area contributed by atoms with Gasteiger partial charge in [0.25, 0.3) is 0 Å². The highest BCUT2D eigenvalue weighted by Crippen LogP contribution is 2.35. The van der Waals surface area contributed by atoms with Gasteiger partial charge in [-0.1, -0.05) is 55.1 Å². The molecule has 3 aromatic rings. The SMILES string of the molecule is C=Cc1ccc(COc2ccc3c(c2)O/C(=C/c2ccccc2OC)C3=O)cc1. The van der Waals surface area contributed by atoms with Gasteiger partial charge in [0.05, 0.1) is 12.7 Å². The molecule has 0 spiro atoms. The third-order valence-corrected chi connectivity index (χ3v) is 4.69. The lowest BCUT2D eigenvalue weighted by Gasteiger charge is -2.08. The van der Waals surface area contributed by atoms with Crippen molar-refractivity contribution in [2.45, 2.75) is 6.61 Å². The van der Waals surface area contributed by atoms with Gasteiger partial charge in [0.2, 0.25) is 5.78 Å². The molecule has 0 aliphatic carbocycles. The van der Waals surface area contributed by atoms with Gasteiger partial charge in [-0.05, 0) is 35.4 Å². The Morgan fingerprint density at radius 1 is 1.03 bits per heavy atom. The number of allylic oxidation sites excluding steroid dienone is 1. The zero-order chi connectivity index (χ0) is 20.2. The van der Waals surface area contributed by atoms with E-state index in [1.54, 1.807) is 37.5 Å². The molecule has 0 aromatic heterocycles. The van der Waals surface area contributed by atoms with Crippen molar-refractivity contribution in [3.05, 3.63) is 101 Å². The van der Waals surface area contributed by atoms with Crippen molar-refractivity contribution in [1.29, 1.82) is 0 Å². The average Bonchev–Trinajstić information content (AvgIpc) is 3.07. The third kappa shape index (κ3) is 3.92. The molecular formula is C25H20O4. The lowest BCUT2D eigenvalue weighted by atomic mass is 10.1. The number of Topliss-reactive ketones (excluding diaryl/α,β-unsaturated/α-hetero) is 1. The average molecular weight is 384 g/mol. The molecule has 0 unspecified atom stereocenters. The predicted molar refractivity (Wildman–Crippen MR) is 113 cm³/mol. The first kappa shape index (κ1) is 18.6. The smallest absolute Gasteiger partial charge is 0.231 e. The number of rotatable bonds is 6. The summed E-state index contributed by atoms with van der Waals surface area (Å²) in [6, 6.07) is 20.7. The summed E-state index contributed by atoms with van der Waals surface area (Å²) in [5.74, 6) is 1.93. The van der Waals surface area contributed by atoms with E-state index >= 15 is 0 Å². The Balaban J connectivity index is 1.51. The zero-order valence-corrected chi connectivity index (χ0v) is 16.1. The van der Waals surface area contributed by atoms with E-state index < -0.39 is 0 Å². The lowest BCUT2D eigenvalue weighted by Crippen LogP contribution is -1.98. The minimum absolute atomic E-state index is 0.155. The summed E-state index contributed by atoms with van der Waals surface area (Å²) in [7, 11) is 1.60. The molecule has 3 aromatic carbocycles. The lowest BCUT2D eigenvalue weighted by molar-refractivity contribution is 0.101. The minimum Gasteiger partial charge on any atom is -0.496 e. The van der Waals surface area contributed by atoms with Gasteiger partial charge in [0.1, 0.15) is 23.9 Å². The van der Waals surface area contributed by atoms with Crippen LogP contribution in [0.25, 0.3) is 12.2 Å². The molecule has 0 bridgehead atoms. The molecule has 1 aliphatic rings. The Morgan fingerprint density at radius 2 is 1.83 bits per heavy atom. The summed E-state index contributed by atoms with van der Waals surface area (Å²) in [4.78, 5) is 12.7. The van der Waals surface area contributed by atoms with Gasteiger partial charge in [0.15, 0.2) is 5.76 Å². The van der Waals surface area contributed by atoms with Crippen molar-refractivity contribution >= 4 is 17.9 Å². The monoisotopic (exact) mass is 384 g/mol. The summed E-state index contributed by atoms with van der Waals surface area (Å²) in [5, 5.41) is 0. The van der Waals surface area contributed by atoms with Gasteiger partial charge in [-0.3, -0.25) is 4.79 Å². The van der Waals surface area contributed by atoms with E-state index in [0.717, 1.165) is 16.7 Å². The first-order chi connectivity index (χ1) is 14.2. The highest BCUT2D eigenvalue weighted by molar-refractivity contribution is 6.14. The third-order valence-electron chi connectivity index (χ3n) is 4.69. The molecule has 0 fully saturated rings. The van der Waals surface area contributed by atoms with Crippen LogP contribution in [-0.4, -0.2) is 12.9 Å². The van der Waals surface area contributed by atoms with Crippen molar-refractivity contribution in [2.75, 3.05) is 7.11 Å². The molecule has 0 N–H and O–H groups in total. The number of hydrogen-bond acceptors (Lipinski definition) is 4. The van der Waals surface area contributed by atoms with Gasteiger partial charge in [-0.15, -0.1) is 0 Å². The van der Waals surface area contributed by atoms with E-state index in [1.807, 2.05) is 48.5 Å². The Morgan fingerprint density at radius 3 is 2.59 bits per heavy atom. The molecular weight excluding hydrogens is 364 g/mol. The number of carbonyl (C=O) groups excluding carboxylic acids is 1. The first-order valence-electron chi connectivity index (χ1n) is 9.23. The second kappa shape index (κ2) is 8.07. The van der Waals surface area contributed by atoms with Gasteiger partial charge < -0.3 is 14.2 Å². The normalized spacial score (nSPS) is 13.7. The fourth-order valence-corrected chi connectivity index (χ4v) is 3.10. The quantitative estimate of drug-likeness (QED) is 0.524. The molecule has 144 valence electrons. The topological polar surface area (TPSA) is 44.8 Å². The van der Waals surface area contributed by atoms with E-state index in [4.69, 9.17) is 14.2 Å². The van der Waals surface area contributed by atoms with Crippen molar-refractivity contribution in [3.8, 4) is 17.2 Å². The Labute approximate surface area is 169 Å². The number of para-hydroxylation sites is 1. The molecule has 0 amide bonds.